The number of hydrogen-bond acceptors (Lipinski definition) is 4. The van der Waals surface area contributed by atoms with Crippen LogP contribution in [-0.4, -0.2) is 32.7 Å². The van der Waals surface area contributed by atoms with Crippen LogP contribution in [0.25, 0.3) is 0 Å². The van der Waals surface area contributed by atoms with Crippen LogP contribution in [0.3, 0.4) is 0 Å². The van der Waals surface area contributed by atoms with E-state index >= 15 is 0 Å². The first-order chi connectivity index (χ1) is 11.7. The molecule has 2 rings (SSSR count). The maximum Gasteiger partial charge on any atom is 0.225 e. The zero-order valence-electron chi connectivity index (χ0n) is 13.5. The van der Waals surface area contributed by atoms with Gasteiger partial charge in [0.05, 0.1) is 12.8 Å². The molecule has 2 aromatic carbocycles. The van der Waals surface area contributed by atoms with Crippen LogP contribution >= 0.6 is 15.9 Å². The number of benzene rings is 2. The lowest BCUT2D eigenvalue weighted by Gasteiger charge is -2.09. The van der Waals surface area contributed by atoms with Crippen molar-refractivity contribution in [1.82, 2.24) is 5.32 Å². The Balaban J connectivity index is 1.57. The molecule has 0 aromatic heterocycles. The highest BCUT2D eigenvalue weighted by Crippen LogP contribution is 2.21. The molecular formula is C18H21BrN2O3. The van der Waals surface area contributed by atoms with Crippen molar-refractivity contribution in [3.05, 3.63) is 53.0 Å². The molecule has 5 nitrogen and oxygen atoms in total. The van der Waals surface area contributed by atoms with Crippen molar-refractivity contribution in [2.75, 3.05) is 32.1 Å². The highest BCUT2D eigenvalue weighted by molar-refractivity contribution is 9.10. The highest BCUT2D eigenvalue weighted by atomic mass is 79.9. The van der Waals surface area contributed by atoms with Crippen LogP contribution in [0, 0.1) is 0 Å². The van der Waals surface area contributed by atoms with E-state index in [9.17, 15) is 4.79 Å². The minimum atomic E-state index is -0.0227. The number of carbonyl (C=O) groups excluding carboxylic acids is 1. The summed E-state index contributed by atoms with van der Waals surface area (Å²) in [6.45, 7) is 1.81. The van der Waals surface area contributed by atoms with Gasteiger partial charge in [0.1, 0.15) is 18.1 Å². The minimum Gasteiger partial charge on any atom is -0.497 e. The molecule has 0 saturated heterocycles. The third-order valence-corrected chi connectivity index (χ3v) is 3.98. The lowest BCUT2D eigenvalue weighted by atomic mass is 10.3. The molecule has 0 atom stereocenters. The number of methoxy groups -OCH3 is 1. The Labute approximate surface area is 150 Å². The Kier molecular flexibility index (Phi) is 7.58. The first-order valence-electron chi connectivity index (χ1n) is 7.71. The molecule has 6 heteroatoms. The topological polar surface area (TPSA) is 59.6 Å². The summed E-state index contributed by atoms with van der Waals surface area (Å²) < 4.78 is 11.6. The predicted octanol–water partition coefficient (Wildman–Crippen LogP) is 3.45. The molecule has 1 amide bonds. The van der Waals surface area contributed by atoms with Crippen molar-refractivity contribution >= 4 is 27.5 Å². The molecule has 0 unspecified atom stereocenters. The van der Waals surface area contributed by atoms with Gasteiger partial charge >= 0.3 is 0 Å². The molecule has 0 saturated carbocycles. The first-order valence-corrected chi connectivity index (χ1v) is 8.50. The standard InChI is InChI=1S/C18H21BrN2O3/c1-23-14-6-8-15(9-7-14)24-13-12-20-11-10-18(22)21-17-5-3-2-4-16(17)19/h2-9,20H,10-13H2,1H3,(H,21,22). The second-order valence-corrected chi connectivity index (χ2v) is 5.91. The van der Waals surface area contributed by atoms with Crippen molar-refractivity contribution < 1.29 is 14.3 Å². The summed E-state index contributed by atoms with van der Waals surface area (Å²) in [7, 11) is 1.63. The number of anilines is 1. The summed E-state index contributed by atoms with van der Waals surface area (Å²) >= 11 is 3.40. The van der Waals surface area contributed by atoms with E-state index < -0.39 is 0 Å². The van der Waals surface area contributed by atoms with E-state index in [-0.39, 0.29) is 5.91 Å². The Bertz CT molecular complexity index is 647. The van der Waals surface area contributed by atoms with Gasteiger partial charge in [-0.3, -0.25) is 4.79 Å². The van der Waals surface area contributed by atoms with Crippen LogP contribution in [0.1, 0.15) is 6.42 Å². The van der Waals surface area contributed by atoms with Crippen molar-refractivity contribution in [2.24, 2.45) is 0 Å². The minimum absolute atomic E-state index is 0.0227. The van der Waals surface area contributed by atoms with Crippen LogP contribution in [0.2, 0.25) is 0 Å². The van der Waals surface area contributed by atoms with E-state index in [0.717, 1.165) is 21.7 Å². The van der Waals surface area contributed by atoms with Gasteiger partial charge < -0.3 is 20.1 Å². The maximum atomic E-state index is 11.9. The number of halogens is 1. The second kappa shape index (κ2) is 9.95. The maximum absolute atomic E-state index is 11.9. The largest absolute Gasteiger partial charge is 0.497 e. The van der Waals surface area contributed by atoms with Gasteiger partial charge in [0.2, 0.25) is 5.91 Å². The Morgan fingerprint density at radius 1 is 1.04 bits per heavy atom. The van der Waals surface area contributed by atoms with Crippen LogP contribution < -0.4 is 20.1 Å². The molecule has 0 bridgehead atoms. The van der Waals surface area contributed by atoms with Gasteiger partial charge in [-0.2, -0.15) is 0 Å². The normalized spacial score (nSPS) is 10.2. The van der Waals surface area contributed by atoms with E-state index in [4.69, 9.17) is 9.47 Å². The quantitative estimate of drug-likeness (QED) is 0.641. The Hall–Kier alpha value is -2.05. The zero-order valence-corrected chi connectivity index (χ0v) is 15.1. The molecule has 2 aromatic rings. The fourth-order valence-electron chi connectivity index (χ4n) is 2.02. The average molecular weight is 393 g/mol. The first kappa shape index (κ1) is 18.3. The molecule has 0 spiro atoms. The fraction of sp³-hybridized carbons (Fsp3) is 0.278. The van der Waals surface area contributed by atoms with Crippen molar-refractivity contribution in [3.8, 4) is 11.5 Å². The van der Waals surface area contributed by atoms with Crippen LogP contribution in [0.5, 0.6) is 11.5 Å². The van der Waals surface area contributed by atoms with E-state index in [1.165, 1.54) is 0 Å². The number of nitrogens with one attached hydrogen (secondary N) is 2. The van der Waals surface area contributed by atoms with Crippen molar-refractivity contribution in [1.29, 1.82) is 0 Å². The number of para-hydroxylation sites is 1. The number of amides is 1. The number of rotatable bonds is 9. The lowest BCUT2D eigenvalue weighted by molar-refractivity contribution is -0.116. The molecule has 0 radical (unpaired) electrons. The van der Waals surface area contributed by atoms with E-state index in [1.807, 2.05) is 48.5 Å². The third kappa shape index (κ3) is 6.22. The average Bonchev–Trinajstić information content (AvgIpc) is 2.60. The van der Waals surface area contributed by atoms with Gasteiger partial charge in [0, 0.05) is 24.0 Å². The molecule has 0 fully saturated rings. The van der Waals surface area contributed by atoms with E-state index in [0.29, 0.717) is 26.1 Å². The predicted molar refractivity (Wildman–Crippen MR) is 98.7 cm³/mol. The summed E-state index contributed by atoms with van der Waals surface area (Å²) in [4.78, 5) is 11.9. The highest BCUT2D eigenvalue weighted by Gasteiger charge is 2.04. The van der Waals surface area contributed by atoms with E-state index in [1.54, 1.807) is 7.11 Å². The molecule has 0 aliphatic carbocycles. The summed E-state index contributed by atoms with van der Waals surface area (Å²) in [6, 6.07) is 15.0. The monoisotopic (exact) mass is 392 g/mol. The third-order valence-electron chi connectivity index (χ3n) is 3.28. The van der Waals surface area contributed by atoms with Gasteiger partial charge in [0.25, 0.3) is 0 Å². The molecule has 128 valence electrons. The summed E-state index contributed by atoms with van der Waals surface area (Å²) in [5.74, 6) is 1.58. The van der Waals surface area contributed by atoms with Crippen molar-refractivity contribution in [2.45, 2.75) is 6.42 Å². The Morgan fingerprint density at radius 2 is 1.75 bits per heavy atom. The second-order valence-electron chi connectivity index (χ2n) is 5.05. The van der Waals surface area contributed by atoms with Crippen LogP contribution in [0.4, 0.5) is 5.69 Å². The van der Waals surface area contributed by atoms with Gasteiger partial charge in [-0.05, 0) is 52.3 Å². The van der Waals surface area contributed by atoms with Crippen LogP contribution in [-0.2, 0) is 4.79 Å². The summed E-state index contributed by atoms with van der Waals surface area (Å²) in [6.07, 6.45) is 0.407. The van der Waals surface area contributed by atoms with Gasteiger partial charge in [0.15, 0.2) is 0 Å². The molecule has 0 heterocycles. The smallest absolute Gasteiger partial charge is 0.225 e. The Morgan fingerprint density at radius 3 is 2.46 bits per heavy atom. The zero-order chi connectivity index (χ0) is 17.2. The number of carbonyl (C=O) groups is 1. The van der Waals surface area contributed by atoms with Gasteiger partial charge in [-0.25, -0.2) is 0 Å². The van der Waals surface area contributed by atoms with Gasteiger partial charge in [-0.15, -0.1) is 0 Å². The van der Waals surface area contributed by atoms with E-state index in [2.05, 4.69) is 26.6 Å². The summed E-state index contributed by atoms with van der Waals surface area (Å²) in [5.41, 5.74) is 0.783. The molecule has 24 heavy (non-hydrogen) atoms. The number of hydrogen-bond donors (Lipinski definition) is 2. The van der Waals surface area contributed by atoms with Crippen LogP contribution in [0.15, 0.2) is 53.0 Å². The lowest BCUT2D eigenvalue weighted by Crippen LogP contribution is -2.25. The summed E-state index contributed by atoms with van der Waals surface area (Å²) in [5, 5.41) is 6.06. The van der Waals surface area contributed by atoms with Gasteiger partial charge in [-0.1, -0.05) is 12.1 Å². The van der Waals surface area contributed by atoms with Crippen molar-refractivity contribution in [3.63, 3.8) is 0 Å². The fourth-order valence-corrected chi connectivity index (χ4v) is 2.40. The number of ether oxygens (including phenoxy) is 2. The molecule has 0 aliphatic rings. The molecule has 0 aliphatic heterocycles. The SMILES string of the molecule is COc1ccc(OCCNCCC(=O)Nc2ccccc2Br)cc1. The molecule has 2 N–H and O–H groups in total. The molecular weight excluding hydrogens is 372 g/mol.